The molecular formula is C59H44N2O. The Balaban J connectivity index is 1.32. The second kappa shape index (κ2) is 15.1. The zero-order chi connectivity index (χ0) is 41.8. The van der Waals surface area contributed by atoms with Crippen LogP contribution < -0.4 is 0 Å². The third kappa shape index (κ3) is 6.24. The first-order valence-electron chi connectivity index (χ1n) is 21.4. The maximum Gasteiger partial charge on any atom is 0.307 e. The van der Waals surface area contributed by atoms with Crippen LogP contribution in [0.5, 0.6) is 0 Å². The average molecular weight is 797 g/mol. The minimum absolute atomic E-state index is 0.181. The molecule has 62 heavy (non-hydrogen) atoms. The molecule has 0 bridgehead atoms. The minimum atomic E-state index is -0.181. The van der Waals surface area contributed by atoms with Gasteiger partial charge in [-0.1, -0.05) is 209 Å². The van der Waals surface area contributed by atoms with Crippen LogP contribution in [0.25, 0.3) is 106 Å². The summed E-state index contributed by atoms with van der Waals surface area (Å²) in [6.07, 6.45) is 0. The van der Waals surface area contributed by atoms with Crippen LogP contribution in [0.2, 0.25) is 0 Å². The molecule has 0 atom stereocenters. The predicted molar refractivity (Wildman–Crippen MR) is 259 cm³/mol. The van der Waals surface area contributed by atoms with Crippen LogP contribution >= 0.6 is 0 Å². The molecule has 2 aromatic heterocycles. The average Bonchev–Trinajstić information content (AvgIpc) is 3.88. The van der Waals surface area contributed by atoms with Crippen LogP contribution in [-0.4, -0.2) is 9.38 Å². The molecule has 0 spiro atoms. The second-order valence-electron chi connectivity index (χ2n) is 17.1. The summed E-state index contributed by atoms with van der Waals surface area (Å²) in [5, 5.41) is 0. The van der Waals surface area contributed by atoms with Gasteiger partial charge in [-0.05, 0) is 108 Å². The molecule has 11 aromatic rings. The van der Waals surface area contributed by atoms with Crippen LogP contribution in [0, 0.1) is 0 Å². The molecule has 0 unspecified atom stereocenters. The van der Waals surface area contributed by atoms with E-state index in [-0.39, 0.29) is 5.41 Å². The Kier molecular flexibility index (Phi) is 9.05. The number of imidazole rings is 1. The van der Waals surface area contributed by atoms with Gasteiger partial charge in [0.25, 0.3) is 0 Å². The van der Waals surface area contributed by atoms with E-state index in [1.54, 1.807) is 0 Å². The number of para-hydroxylation sites is 2. The van der Waals surface area contributed by atoms with Crippen molar-refractivity contribution in [2.75, 3.05) is 0 Å². The van der Waals surface area contributed by atoms with E-state index in [1.807, 2.05) is 12.1 Å². The van der Waals surface area contributed by atoms with Gasteiger partial charge in [-0.15, -0.1) is 0 Å². The van der Waals surface area contributed by atoms with Crippen molar-refractivity contribution in [3.63, 3.8) is 0 Å². The maximum atomic E-state index is 6.86. The molecule has 3 nitrogen and oxygen atoms in total. The van der Waals surface area contributed by atoms with E-state index < -0.39 is 0 Å². The number of oxazole rings is 1. The van der Waals surface area contributed by atoms with Crippen molar-refractivity contribution >= 4 is 28.0 Å². The minimum Gasteiger partial charge on any atom is -0.422 e. The van der Waals surface area contributed by atoms with Crippen molar-refractivity contribution in [1.82, 2.24) is 9.38 Å². The molecule has 3 heteroatoms. The highest BCUT2D eigenvalue weighted by Gasteiger charge is 2.30. The van der Waals surface area contributed by atoms with Gasteiger partial charge in [0, 0.05) is 5.56 Å². The Hall–Kier alpha value is -7.75. The lowest BCUT2D eigenvalue weighted by Gasteiger charge is -2.29. The van der Waals surface area contributed by atoms with E-state index in [2.05, 4.69) is 225 Å². The Morgan fingerprint density at radius 3 is 1.16 bits per heavy atom. The van der Waals surface area contributed by atoms with Gasteiger partial charge >= 0.3 is 5.84 Å². The van der Waals surface area contributed by atoms with Gasteiger partial charge in [-0.3, -0.25) is 4.40 Å². The van der Waals surface area contributed by atoms with Gasteiger partial charge in [0.05, 0.1) is 16.6 Å². The number of benzene rings is 9. The van der Waals surface area contributed by atoms with Crippen molar-refractivity contribution < 1.29 is 4.42 Å². The number of hydrogen-bond donors (Lipinski definition) is 0. The maximum absolute atomic E-state index is 6.86. The molecule has 2 heterocycles. The van der Waals surface area contributed by atoms with E-state index in [0.29, 0.717) is 5.84 Å². The van der Waals surface area contributed by atoms with Crippen molar-refractivity contribution in [2.45, 2.75) is 26.2 Å². The summed E-state index contributed by atoms with van der Waals surface area (Å²) in [6.45, 7) is 6.85. The molecule has 0 saturated carbocycles. The summed E-state index contributed by atoms with van der Waals surface area (Å²) in [4.78, 5) is 4.94. The van der Waals surface area contributed by atoms with Crippen LogP contribution in [0.1, 0.15) is 26.3 Å². The molecule has 0 aliphatic heterocycles. The number of rotatable bonds is 7. The Bertz CT molecular complexity index is 3290. The zero-order valence-electron chi connectivity index (χ0n) is 35.0. The predicted octanol–water partition coefficient (Wildman–Crippen LogP) is 16.2. The van der Waals surface area contributed by atoms with Gasteiger partial charge in [0.1, 0.15) is 0 Å². The SMILES string of the molecule is CC(C)(C)c1ccc2c(oc3nc4ccccc4n32)c1-c1cccc(-c2c(-c3ccccc3)c(-c3ccccc3)c(-c3ccccc3)c(-c3ccccc3)c2-c2ccccc2)c1. The zero-order valence-corrected chi connectivity index (χ0v) is 35.0. The van der Waals surface area contributed by atoms with Gasteiger partial charge < -0.3 is 4.42 Å². The molecule has 0 aliphatic rings. The highest BCUT2D eigenvalue weighted by atomic mass is 16.4. The third-order valence-corrected chi connectivity index (χ3v) is 12.2. The van der Waals surface area contributed by atoms with E-state index in [1.165, 1.54) is 38.9 Å². The lowest BCUT2D eigenvalue weighted by molar-refractivity contribution is 0.589. The van der Waals surface area contributed by atoms with Crippen LogP contribution in [-0.2, 0) is 5.41 Å². The van der Waals surface area contributed by atoms with E-state index in [9.17, 15) is 0 Å². The summed E-state index contributed by atoms with van der Waals surface area (Å²) in [7, 11) is 0. The van der Waals surface area contributed by atoms with E-state index in [0.717, 1.165) is 66.6 Å². The quantitative estimate of drug-likeness (QED) is 0.161. The molecule has 11 rings (SSSR count). The third-order valence-electron chi connectivity index (χ3n) is 12.2. The summed E-state index contributed by atoms with van der Waals surface area (Å²) >= 11 is 0. The fraction of sp³-hybridized carbons (Fsp3) is 0.0678. The highest BCUT2D eigenvalue weighted by Crippen LogP contribution is 2.56. The normalized spacial score (nSPS) is 11.8. The second-order valence-corrected chi connectivity index (χ2v) is 17.1. The van der Waals surface area contributed by atoms with E-state index >= 15 is 0 Å². The van der Waals surface area contributed by atoms with Gasteiger partial charge in [0.15, 0.2) is 5.58 Å². The van der Waals surface area contributed by atoms with Gasteiger partial charge in [-0.25, -0.2) is 0 Å². The first-order valence-corrected chi connectivity index (χ1v) is 21.4. The summed E-state index contributed by atoms with van der Waals surface area (Å²) < 4.78 is 9.02. The molecular weight excluding hydrogens is 753 g/mol. The fourth-order valence-electron chi connectivity index (χ4n) is 9.50. The smallest absolute Gasteiger partial charge is 0.307 e. The number of fused-ring (bicyclic) bond motifs is 5. The number of nitrogens with zero attached hydrogens (tertiary/aromatic N) is 2. The molecule has 0 radical (unpaired) electrons. The topological polar surface area (TPSA) is 30.4 Å². The van der Waals surface area contributed by atoms with E-state index in [4.69, 9.17) is 9.40 Å². The molecule has 0 fully saturated rings. The first kappa shape index (κ1) is 37.3. The Morgan fingerprint density at radius 2 is 0.726 bits per heavy atom. The Morgan fingerprint density at radius 1 is 0.355 bits per heavy atom. The van der Waals surface area contributed by atoms with Crippen LogP contribution in [0.3, 0.4) is 0 Å². The summed E-state index contributed by atoms with van der Waals surface area (Å²) in [6, 6.07) is 76.7. The number of hydrogen-bond acceptors (Lipinski definition) is 2. The largest absolute Gasteiger partial charge is 0.422 e. The molecule has 0 saturated heterocycles. The number of aromatic nitrogens is 2. The molecule has 9 aromatic carbocycles. The molecule has 296 valence electrons. The molecule has 0 amide bonds. The van der Waals surface area contributed by atoms with Crippen molar-refractivity contribution in [2.24, 2.45) is 0 Å². The summed E-state index contributed by atoms with van der Waals surface area (Å²) in [5.74, 6) is 0.596. The standard InChI is InChI=1S/C59H44N2O/c1-59(2,3)46-36-37-49-57(62-58-60-47-34-19-20-35-48(47)61(49)58)50(46)44-32-21-33-45(38-44)56-54(42-28-15-7-16-29-42)52(40-24-11-5-12-25-40)51(39-22-9-4-10-23-39)53(41-26-13-6-14-27-41)55(56)43-30-17-8-18-31-43/h4-38H,1-3H3. The van der Waals surface area contributed by atoms with Crippen molar-refractivity contribution in [1.29, 1.82) is 0 Å². The van der Waals surface area contributed by atoms with Crippen molar-refractivity contribution in [3.05, 3.63) is 218 Å². The van der Waals surface area contributed by atoms with Gasteiger partial charge in [-0.2, -0.15) is 4.98 Å². The monoisotopic (exact) mass is 796 g/mol. The lowest BCUT2D eigenvalue weighted by atomic mass is 9.74. The highest BCUT2D eigenvalue weighted by molar-refractivity contribution is 6.15. The molecule has 0 aliphatic carbocycles. The van der Waals surface area contributed by atoms with Crippen LogP contribution in [0.15, 0.2) is 217 Å². The van der Waals surface area contributed by atoms with Crippen molar-refractivity contribution in [3.8, 4) is 77.9 Å². The lowest BCUT2D eigenvalue weighted by Crippen LogP contribution is -2.13. The molecule has 0 N–H and O–H groups in total. The van der Waals surface area contributed by atoms with Crippen LogP contribution in [0.4, 0.5) is 0 Å². The first-order chi connectivity index (χ1) is 30.4. The summed E-state index contributed by atoms with van der Waals surface area (Å²) in [5.41, 5.74) is 21.0. The fourth-order valence-corrected chi connectivity index (χ4v) is 9.50. The Labute approximate surface area is 362 Å². The van der Waals surface area contributed by atoms with Gasteiger partial charge in [0.2, 0.25) is 0 Å².